The first-order valence-corrected chi connectivity index (χ1v) is 12.9. The molecule has 11 heteroatoms. The van der Waals surface area contributed by atoms with Gasteiger partial charge in [-0.05, 0) is 61.5 Å². The van der Waals surface area contributed by atoms with Crippen LogP contribution < -0.4 is 10.3 Å². The Morgan fingerprint density at radius 2 is 1.57 bits per heavy atom. The summed E-state index contributed by atoms with van der Waals surface area (Å²) in [5.74, 6) is -0.615. The van der Waals surface area contributed by atoms with Crippen molar-refractivity contribution in [2.45, 2.75) is 6.92 Å². The van der Waals surface area contributed by atoms with E-state index >= 15 is 0 Å². The number of fused-ring (bicyclic) bond motifs is 1. The van der Waals surface area contributed by atoms with E-state index in [9.17, 15) is 14.4 Å². The van der Waals surface area contributed by atoms with Crippen molar-refractivity contribution in [2.75, 3.05) is 21.3 Å². The smallest absolute Gasteiger partial charge is 0.337 e. The van der Waals surface area contributed by atoms with E-state index in [2.05, 4.69) is 15.1 Å². The number of ether oxygens (including phenoxy) is 3. The fraction of sp³-hybridized carbons (Fsp3) is 0.138. The number of nitrogens with one attached hydrogen (secondary N) is 1. The summed E-state index contributed by atoms with van der Waals surface area (Å²) in [7, 11) is 4.06. The van der Waals surface area contributed by atoms with Crippen LogP contribution in [0.1, 0.15) is 33.2 Å². The van der Waals surface area contributed by atoms with Gasteiger partial charge in [0.25, 0.3) is 5.56 Å². The van der Waals surface area contributed by atoms with Gasteiger partial charge in [-0.3, -0.25) is 14.9 Å². The van der Waals surface area contributed by atoms with Crippen LogP contribution in [-0.4, -0.2) is 53.7 Å². The number of hydrogen-bond acceptors (Lipinski definition) is 9. The first-order chi connectivity index (χ1) is 19.3. The summed E-state index contributed by atoms with van der Waals surface area (Å²) in [5, 5.41) is 3.68. The van der Waals surface area contributed by atoms with Crippen LogP contribution >= 0.6 is 11.3 Å². The minimum atomic E-state index is -0.640. The maximum Gasteiger partial charge on any atom is 0.337 e. The van der Waals surface area contributed by atoms with Gasteiger partial charge in [0.1, 0.15) is 5.75 Å². The zero-order valence-corrected chi connectivity index (χ0v) is 22.9. The number of H-pyrrole nitrogens is 1. The summed E-state index contributed by atoms with van der Waals surface area (Å²) in [6.45, 7) is 1.68. The molecule has 0 amide bonds. The first kappa shape index (κ1) is 26.6. The number of esters is 2. The van der Waals surface area contributed by atoms with Gasteiger partial charge in [0.2, 0.25) is 5.13 Å². The van der Waals surface area contributed by atoms with Crippen LogP contribution in [0.5, 0.6) is 5.75 Å². The second-order valence-corrected chi connectivity index (χ2v) is 9.65. The molecule has 0 bridgehead atoms. The minimum Gasteiger partial charge on any atom is -0.497 e. The van der Waals surface area contributed by atoms with Gasteiger partial charge in [-0.2, -0.15) is 4.68 Å². The number of nitrogens with zero attached hydrogens (tertiary/aromatic N) is 3. The molecule has 0 fully saturated rings. The van der Waals surface area contributed by atoms with Crippen LogP contribution in [0, 0.1) is 0 Å². The number of carbonyl (C=O) groups is 2. The standard InChI is InChI=1S/C29H24N4O6S/c1-16(30-20-14-18(27(35)38-3)13-19(15-20)28(36)39-4)24-25(17-9-11-21(37-2)12-10-17)32-33(26(24)34)29-31-22-7-5-6-8-23(22)40-29/h5-15,32H,1-4H3. The van der Waals surface area contributed by atoms with E-state index in [0.717, 1.165) is 15.8 Å². The molecule has 5 rings (SSSR count). The minimum absolute atomic E-state index is 0.119. The topological polar surface area (TPSA) is 125 Å². The molecule has 0 aliphatic carbocycles. The fourth-order valence-corrected chi connectivity index (χ4v) is 5.15. The molecule has 0 atom stereocenters. The largest absolute Gasteiger partial charge is 0.497 e. The number of carbonyl (C=O) groups excluding carboxylic acids is 2. The lowest BCUT2D eigenvalue weighted by Crippen LogP contribution is -2.19. The van der Waals surface area contributed by atoms with Crippen molar-refractivity contribution in [3.8, 4) is 22.1 Å². The number of para-hydroxylation sites is 1. The van der Waals surface area contributed by atoms with Crippen molar-refractivity contribution in [1.82, 2.24) is 14.8 Å². The maximum absolute atomic E-state index is 13.9. The Morgan fingerprint density at radius 3 is 2.17 bits per heavy atom. The summed E-state index contributed by atoms with van der Waals surface area (Å²) in [6.07, 6.45) is 0. The van der Waals surface area contributed by atoms with Crippen LogP contribution in [-0.2, 0) is 9.47 Å². The van der Waals surface area contributed by atoms with E-state index < -0.39 is 11.9 Å². The number of aromatic amines is 1. The van der Waals surface area contributed by atoms with Crippen molar-refractivity contribution in [3.05, 3.63) is 93.8 Å². The van der Waals surface area contributed by atoms with E-state index in [4.69, 9.17) is 14.2 Å². The molecular formula is C29H24N4O6S. The fourth-order valence-electron chi connectivity index (χ4n) is 4.23. The predicted molar refractivity (Wildman–Crippen MR) is 153 cm³/mol. The first-order valence-electron chi connectivity index (χ1n) is 12.1. The maximum atomic E-state index is 13.9. The number of rotatable bonds is 7. The molecule has 0 aliphatic rings. The van der Waals surface area contributed by atoms with Gasteiger partial charge in [0.05, 0.1) is 65.3 Å². The molecule has 40 heavy (non-hydrogen) atoms. The lowest BCUT2D eigenvalue weighted by atomic mass is 10.0. The Labute approximate surface area is 232 Å². The summed E-state index contributed by atoms with van der Waals surface area (Å²) in [6, 6.07) is 19.2. The second-order valence-electron chi connectivity index (χ2n) is 8.64. The highest BCUT2D eigenvalue weighted by molar-refractivity contribution is 7.20. The molecule has 0 radical (unpaired) electrons. The van der Waals surface area contributed by atoms with Crippen LogP contribution in [0.2, 0.25) is 0 Å². The summed E-state index contributed by atoms with van der Waals surface area (Å²) in [5.41, 5.74) is 2.82. The van der Waals surface area contributed by atoms with Gasteiger partial charge in [0.15, 0.2) is 0 Å². The summed E-state index contributed by atoms with van der Waals surface area (Å²) in [4.78, 5) is 47.7. The van der Waals surface area contributed by atoms with E-state index in [1.54, 1.807) is 26.2 Å². The molecule has 0 saturated carbocycles. The average Bonchev–Trinajstić information content (AvgIpc) is 3.57. The molecule has 5 aromatic rings. The van der Waals surface area contributed by atoms with Crippen LogP contribution in [0.3, 0.4) is 0 Å². The van der Waals surface area contributed by atoms with Gasteiger partial charge in [-0.25, -0.2) is 14.6 Å². The molecule has 2 heterocycles. The van der Waals surface area contributed by atoms with Crippen LogP contribution in [0.4, 0.5) is 5.69 Å². The van der Waals surface area contributed by atoms with Gasteiger partial charge in [0, 0.05) is 5.56 Å². The van der Waals surface area contributed by atoms with E-state index in [0.29, 0.717) is 27.9 Å². The average molecular weight is 557 g/mol. The molecule has 0 spiro atoms. The van der Waals surface area contributed by atoms with Crippen molar-refractivity contribution >= 4 is 44.9 Å². The molecular weight excluding hydrogens is 532 g/mol. The number of benzene rings is 3. The highest BCUT2D eigenvalue weighted by Gasteiger charge is 2.22. The predicted octanol–water partition coefficient (Wildman–Crippen LogP) is 5.16. The lowest BCUT2D eigenvalue weighted by molar-refractivity contribution is 0.0599. The second kappa shape index (κ2) is 11.0. The molecule has 2 aromatic heterocycles. The number of thiazole rings is 1. The zero-order valence-electron chi connectivity index (χ0n) is 22.1. The van der Waals surface area contributed by atoms with Crippen LogP contribution in [0.15, 0.2) is 76.5 Å². The van der Waals surface area contributed by atoms with Gasteiger partial charge >= 0.3 is 11.9 Å². The van der Waals surface area contributed by atoms with Crippen molar-refractivity contribution in [2.24, 2.45) is 4.99 Å². The SMILES string of the molecule is COC(=O)c1cc(N=C(C)c2c(-c3ccc(OC)cc3)[nH]n(-c3nc4ccccc4s3)c2=O)cc(C(=O)OC)c1. The molecule has 0 unspecified atom stereocenters. The zero-order chi connectivity index (χ0) is 28.4. The van der Waals surface area contributed by atoms with E-state index in [-0.39, 0.29) is 22.4 Å². The molecule has 3 aromatic carbocycles. The van der Waals surface area contributed by atoms with Gasteiger partial charge in [-0.1, -0.05) is 23.5 Å². The third kappa shape index (κ3) is 5.02. The highest BCUT2D eigenvalue weighted by atomic mass is 32.1. The third-order valence-corrected chi connectivity index (χ3v) is 7.18. The van der Waals surface area contributed by atoms with Crippen LogP contribution in [0.25, 0.3) is 26.6 Å². The number of methoxy groups -OCH3 is 3. The van der Waals surface area contributed by atoms with Gasteiger partial charge in [-0.15, -0.1) is 0 Å². The van der Waals surface area contributed by atoms with Crippen molar-refractivity contribution < 1.29 is 23.8 Å². The molecule has 0 saturated heterocycles. The third-order valence-electron chi connectivity index (χ3n) is 6.16. The Bertz CT molecular complexity index is 1760. The normalized spacial score (nSPS) is 11.4. The number of aromatic nitrogens is 3. The Hall–Kier alpha value is -5.03. The summed E-state index contributed by atoms with van der Waals surface area (Å²) >= 11 is 1.38. The highest BCUT2D eigenvalue weighted by Crippen LogP contribution is 2.28. The van der Waals surface area contributed by atoms with E-state index in [1.165, 1.54) is 48.4 Å². The molecule has 10 nitrogen and oxygen atoms in total. The van der Waals surface area contributed by atoms with E-state index in [1.807, 2.05) is 36.4 Å². The summed E-state index contributed by atoms with van der Waals surface area (Å²) < 4.78 is 17.3. The Morgan fingerprint density at radius 1 is 0.925 bits per heavy atom. The quantitative estimate of drug-likeness (QED) is 0.217. The number of hydrogen-bond donors (Lipinski definition) is 1. The molecule has 0 aliphatic heterocycles. The lowest BCUT2D eigenvalue weighted by Gasteiger charge is -2.07. The Balaban J connectivity index is 1.70. The molecule has 1 N–H and O–H groups in total. The van der Waals surface area contributed by atoms with Crippen molar-refractivity contribution in [3.63, 3.8) is 0 Å². The monoisotopic (exact) mass is 556 g/mol. The number of aliphatic imine (C=N–C) groups is 1. The molecule has 202 valence electrons. The van der Waals surface area contributed by atoms with Crippen molar-refractivity contribution in [1.29, 1.82) is 0 Å². The Kier molecular flexibility index (Phi) is 7.30. The van der Waals surface area contributed by atoms with Gasteiger partial charge < -0.3 is 14.2 Å².